The number of rotatable bonds is 5. The molecule has 2 unspecified atom stereocenters. The Balaban J connectivity index is 2.73. The van der Waals surface area contributed by atoms with Crippen molar-refractivity contribution in [1.82, 2.24) is 4.98 Å². The van der Waals surface area contributed by atoms with Crippen LogP contribution in [0.15, 0.2) is 5.38 Å². The van der Waals surface area contributed by atoms with E-state index in [0.29, 0.717) is 0 Å². The number of thiazole rings is 1. The van der Waals surface area contributed by atoms with Crippen LogP contribution in [-0.2, 0) is 0 Å². The van der Waals surface area contributed by atoms with Gasteiger partial charge in [-0.15, -0.1) is 11.3 Å². The first-order valence-corrected chi connectivity index (χ1v) is 5.17. The van der Waals surface area contributed by atoms with Crippen molar-refractivity contribution in [3.05, 3.63) is 16.1 Å². The van der Waals surface area contributed by atoms with Crippen LogP contribution in [0.2, 0.25) is 0 Å². The Kier molecular flexibility index (Phi) is 4.15. The molecule has 84 valence electrons. The highest BCUT2D eigenvalue weighted by molar-refractivity contribution is 7.11. The van der Waals surface area contributed by atoms with Crippen molar-refractivity contribution in [3.63, 3.8) is 0 Å². The first-order valence-electron chi connectivity index (χ1n) is 4.29. The minimum atomic E-state index is -1.40. The van der Waals surface area contributed by atoms with E-state index in [-0.39, 0.29) is 23.7 Å². The number of hydrogen-bond acceptors (Lipinski definition) is 7. The number of carbonyl (C=O) groups is 1. The fraction of sp³-hybridized carbons (Fsp3) is 0.500. The van der Waals surface area contributed by atoms with Crippen LogP contribution in [0.1, 0.15) is 28.0 Å². The molecule has 0 fully saturated rings. The van der Waals surface area contributed by atoms with E-state index in [9.17, 15) is 20.1 Å². The van der Waals surface area contributed by atoms with Gasteiger partial charge in [0.05, 0.1) is 11.8 Å². The van der Waals surface area contributed by atoms with E-state index in [1.165, 1.54) is 5.38 Å². The van der Waals surface area contributed by atoms with Gasteiger partial charge in [0.2, 0.25) is 0 Å². The zero-order chi connectivity index (χ0) is 11.4. The molecule has 4 N–H and O–H groups in total. The number of aliphatic hydroxyl groups is 2. The lowest BCUT2D eigenvalue weighted by Gasteiger charge is -2.14. The average molecular weight is 231 g/mol. The molecule has 1 rings (SSSR count). The van der Waals surface area contributed by atoms with Crippen LogP contribution in [0, 0.1) is 0 Å². The fourth-order valence-corrected chi connectivity index (χ4v) is 1.72. The van der Waals surface area contributed by atoms with Gasteiger partial charge in [0, 0.05) is 5.38 Å². The number of carboxylic acid groups (broad SMARTS) is 1. The van der Waals surface area contributed by atoms with Crippen molar-refractivity contribution >= 4 is 17.3 Å². The molecule has 7 heteroatoms. The number of aliphatic hydroxyl groups excluding tert-OH is 2. The van der Waals surface area contributed by atoms with Gasteiger partial charge in [0.1, 0.15) is 17.1 Å². The van der Waals surface area contributed by atoms with Gasteiger partial charge in [0.15, 0.2) is 0 Å². The maximum Gasteiger partial charge on any atom is 0.139 e. The molecule has 0 aromatic carbocycles. The average Bonchev–Trinajstić information content (AvgIpc) is 2.65. The Morgan fingerprint density at radius 3 is 2.80 bits per heavy atom. The molecule has 6 nitrogen and oxygen atoms in total. The predicted octanol–water partition coefficient (Wildman–Crippen LogP) is -1.75. The van der Waals surface area contributed by atoms with Crippen LogP contribution in [0.4, 0.5) is 0 Å². The smallest absolute Gasteiger partial charge is 0.139 e. The molecule has 0 amide bonds. The molecule has 0 radical (unpaired) electrons. The zero-order valence-corrected chi connectivity index (χ0v) is 8.61. The third-order valence-electron chi connectivity index (χ3n) is 1.83. The molecule has 1 aromatic heterocycles. The molecule has 0 saturated carbocycles. The number of carboxylic acids is 1. The first-order chi connectivity index (χ1) is 7.06. The minimum Gasteiger partial charge on any atom is -0.542 e. The second kappa shape index (κ2) is 5.17. The third-order valence-corrected chi connectivity index (χ3v) is 2.67. The molecule has 0 aliphatic carbocycles. The van der Waals surface area contributed by atoms with Gasteiger partial charge in [-0.2, -0.15) is 0 Å². The van der Waals surface area contributed by atoms with Crippen LogP contribution in [0.25, 0.3) is 0 Å². The van der Waals surface area contributed by atoms with Gasteiger partial charge in [-0.25, -0.2) is 4.98 Å². The summed E-state index contributed by atoms with van der Waals surface area (Å²) in [6.45, 7) is 0.232. The Morgan fingerprint density at radius 1 is 1.67 bits per heavy atom. The number of nitrogens with two attached hydrogens (primary N) is 1. The van der Waals surface area contributed by atoms with E-state index in [2.05, 4.69) is 4.98 Å². The number of aromatic nitrogens is 1. The molecule has 0 aliphatic heterocycles. The minimum absolute atomic E-state index is 0.125. The quantitative estimate of drug-likeness (QED) is 0.552. The lowest BCUT2D eigenvalue weighted by Crippen LogP contribution is -2.24. The first kappa shape index (κ1) is 12.1. The Bertz CT molecular complexity index is 341. The highest BCUT2D eigenvalue weighted by atomic mass is 32.1. The molecule has 15 heavy (non-hydrogen) atoms. The monoisotopic (exact) mass is 231 g/mol. The van der Waals surface area contributed by atoms with Crippen molar-refractivity contribution in [2.75, 3.05) is 6.54 Å². The Labute approximate surface area is 90.0 Å². The van der Waals surface area contributed by atoms with Crippen LogP contribution in [-0.4, -0.2) is 33.8 Å². The summed E-state index contributed by atoms with van der Waals surface area (Å²) in [7, 11) is 0. The van der Waals surface area contributed by atoms with Gasteiger partial charge in [0.25, 0.3) is 0 Å². The van der Waals surface area contributed by atoms with Crippen LogP contribution >= 0.6 is 11.3 Å². The second-order valence-corrected chi connectivity index (χ2v) is 3.81. The molecule has 0 saturated heterocycles. The summed E-state index contributed by atoms with van der Waals surface area (Å²) in [5.41, 5.74) is 5.33. The number of aromatic carboxylic acids is 1. The van der Waals surface area contributed by atoms with E-state index in [1.54, 1.807) is 0 Å². The standard InChI is InChI=1S/C8H12N2O4S/c9-2-1-5(11)6(12)4-3-15-7(10-4)8(13)14/h3,5-6,11-12H,1-2,9H2,(H,13,14)/p-1. The summed E-state index contributed by atoms with van der Waals surface area (Å²) in [6.07, 6.45) is -2.02. The Morgan fingerprint density at radius 2 is 2.33 bits per heavy atom. The van der Waals surface area contributed by atoms with E-state index >= 15 is 0 Å². The third kappa shape index (κ3) is 2.96. The zero-order valence-electron chi connectivity index (χ0n) is 7.79. The summed E-state index contributed by atoms with van der Waals surface area (Å²) in [5, 5.41) is 30.5. The molecule has 0 aliphatic rings. The van der Waals surface area contributed by atoms with Gasteiger partial charge in [-0.3, -0.25) is 0 Å². The predicted molar refractivity (Wildman–Crippen MR) is 51.1 cm³/mol. The lowest BCUT2D eigenvalue weighted by molar-refractivity contribution is -0.255. The van der Waals surface area contributed by atoms with Crippen molar-refractivity contribution in [2.45, 2.75) is 18.6 Å². The number of nitrogens with zero attached hydrogens (tertiary/aromatic N) is 1. The van der Waals surface area contributed by atoms with Gasteiger partial charge in [-0.1, -0.05) is 0 Å². The molecule has 2 atom stereocenters. The van der Waals surface area contributed by atoms with Crippen LogP contribution in [0.5, 0.6) is 0 Å². The van der Waals surface area contributed by atoms with Gasteiger partial charge < -0.3 is 25.8 Å². The summed E-state index contributed by atoms with van der Waals surface area (Å²) < 4.78 is 0. The van der Waals surface area contributed by atoms with Crippen molar-refractivity contribution in [1.29, 1.82) is 0 Å². The molecule has 0 bridgehead atoms. The molecule has 0 spiro atoms. The summed E-state index contributed by atoms with van der Waals surface area (Å²) in [5.74, 6) is -1.40. The number of carbonyl (C=O) groups excluding carboxylic acids is 1. The van der Waals surface area contributed by atoms with Crippen molar-refractivity contribution in [2.24, 2.45) is 5.73 Å². The summed E-state index contributed by atoms with van der Waals surface area (Å²) >= 11 is 0.846. The molecule has 1 heterocycles. The van der Waals surface area contributed by atoms with Crippen LogP contribution < -0.4 is 10.8 Å². The summed E-state index contributed by atoms with van der Waals surface area (Å²) in [4.78, 5) is 14.0. The normalized spacial score (nSPS) is 14.9. The van der Waals surface area contributed by atoms with E-state index in [0.717, 1.165) is 11.3 Å². The second-order valence-electron chi connectivity index (χ2n) is 2.95. The largest absolute Gasteiger partial charge is 0.542 e. The number of hydrogen-bond donors (Lipinski definition) is 3. The SMILES string of the molecule is NCCC(O)C(O)c1csc(C(=O)[O-])n1. The fourth-order valence-electron chi connectivity index (χ4n) is 1.04. The van der Waals surface area contributed by atoms with E-state index < -0.39 is 18.2 Å². The van der Waals surface area contributed by atoms with Gasteiger partial charge >= 0.3 is 0 Å². The highest BCUT2D eigenvalue weighted by Gasteiger charge is 2.20. The maximum absolute atomic E-state index is 10.4. The highest BCUT2D eigenvalue weighted by Crippen LogP contribution is 2.20. The van der Waals surface area contributed by atoms with Crippen molar-refractivity contribution < 1.29 is 20.1 Å². The summed E-state index contributed by atoms with van der Waals surface area (Å²) in [6, 6.07) is 0. The lowest BCUT2D eigenvalue weighted by atomic mass is 10.1. The van der Waals surface area contributed by atoms with Gasteiger partial charge in [-0.05, 0) is 13.0 Å². The van der Waals surface area contributed by atoms with Crippen LogP contribution in [0.3, 0.4) is 0 Å². The maximum atomic E-state index is 10.4. The topological polar surface area (TPSA) is 120 Å². The van der Waals surface area contributed by atoms with Crippen molar-refractivity contribution in [3.8, 4) is 0 Å². The van der Waals surface area contributed by atoms with E-state index in [1.807, 2.05) is 0 Å². The molecular weight excluding hydrogens is 220 g/mol. The molecular formula is C8H11N2O4S-. The van der Waals surface area contributed by atoms with E-state index in [4.69, 9.17) is 5.73 Å². The Hall–Kier alpha value is -1.02. The molecule has 1 aromatic rings.